The molecule has 2 heterocycles. The van der Waals surface area contributed by atoms with Gasteiger partial charge in [-0.2, -0.15) is 13.2 Å². The summed E-state index contributed by atoms with van der Waals surface area (Å²) >= 11 is 0. The van der Waals surface area contributed by atoms with Crippen LogP contribution in [-0.2, 0) is 21.6 Å². The number of aryl methyl sites for hydroxylation is 1. The minimum atomic E-state index is -4.43. The molecule has 7 heteroatoms. The van der Waals surface area contributed by atoms with Crippen LogP contribution in [0.25, 0.3) is 0 Å². The molecule has 0 amide bonds. The van der Waals surface area contributed by atoms with Crippen molar-refractivity contribution in [3.8, 4) is 0 Å². The number of benzene rings is 1. The largest absolute Gasteiger partial charge is 0.416 e. The molecule has 2 fully saturated rings. The summed E-state index contributed by atoms with van der Waals surface area (Å²) in [7, 11) is -3.23. The van der Waals surface area contributed by atoms with Gasteiger partial charge in [0.15, 0.2) is 9.84 Å². The lowest BCUT2D eigenvalue weighted by atomic mass is 9.80. The summed E-state index contributed by atoms with van der Waals surface area (Å²) in [6.45, 7) is 1.36. The Balaban J connectivity index is 1.97. The normalized spacial score (nSPS) is 33.4. The molecule has 2 atom stereocenters. The van der Waals surface area contributed by atoms with Crippen molar-refractivity contribution >= 4 is 9.84 Å². The fraction of sp³-hybridized carbons (Fsp3) is 0.625. The Bertz CT molecular complexity index is 705. The Hall–Kier alpha value is -1.08. The van der Waals surface area contributed by atoms with Crippen molar-refractivity contribution in [2.75, 3.05) is 0 Å². The van der Waals surface area contributed by atoms with Crippen molar-refractivity contribution < 1.29 is 26.7 Å². The van der Waals surface area contributed by atoms with Crippen LogP contribution in [0, 0.1) is 6.92 Å². The third-order valence-electron chi connectivity index (χ3n) is 5.18. The smallest absolute Gasteiger partial charge is 0.385 e. The first-order valence-corrected chi connectivity index (χ1v) is 9.28. The maximum atomic E-state index is 12.9. The van der Waals surface area contributed by atoms with Crippen LogP contribution in [0.1, 0.15) is 48.8 Å². The summed E-state index contributed by atoms with van der Waals surface area (Å²) in [5, 5.41) is 9.76. The molecule has 1 aromatic carbocycles. The summed E-state index contributed by atoms with van der Waals surface area (Å²) < 4.78 is 63.2. The Kier molecular flexibility index (Phi) is 3.80. The molecule has 23 heavy (non-hydrogen) atoms. The number of rotatable bonds is 1. The quantitative estimate of drug-likeness (QED) is 0.847. The summed E-state index contributed by atoms with van der Waals surface area (Å²) in [4.78, 5) is 0. The zero-order valence-corrected chi connectivity index (χ0v) is 13.5. The fourth-order valence-electron chi connectivity index (χ4n) is 3.95. The molecule has 0 saturated carbocycles. The van der Waals surface area contributed by atoms with Gasteiger partial charge in [-0.25, -0.2) is 8.42 Å². The zero-order valence-electron chi connectivity index (χ0n) is 12.7. The van der Waals surface area contributed by atoms with Crippen LogP contribution < -0.4 is 0 Å². The summed E-state index contributed by atoms with van der Waals surface area (Å²) in [5.41, 5.74) is -1.67. The van der Waals surface area contributed by atoms with Gasteiger partial charge in [0.25, 0.3) is 0 Å². The number of fused-ring (bicyclic) bond motifs is 2. The highest BCUT2D eigenvalue weighted by Gasteiger charge is 2.51. The second-order valence-corrected chi connectivity index (χ2v) is 9.24. The average molecular weight is 348 g/mol. The van der Waals surface area contributed by atoms with E-state index in [4.69, 9.17) is 0 Å². The Morgan fingerprint density at radius 3 is 2.22 bits per heavy atom. The van der Waals surface area contributed by atoms with Crippen LogP contribution >= 0.6 is 0 Å². The minimum Gasteiger partial charge on any atom is -0.385 e. The fourth-order valence-corrected chi connectivity index (χ4v) is 6.50. The highest BCUT2D eigenvalue weighted by Crippen LogP contribution is 2.46. The average Bonchev–Trinajstić information content (AvgIpc) is 2.39. The van der Waals surface area contributed by atoms with Crippen molar-refractivity contribution in [1.82, 2.24) is 0 Å². The first-order valence-electron chi connectivity index (χ1n) is 7.67. The minimum absolute atomic E-state index is 0.0435. The molecule has 1 aromatic rings. The maximum Gasteiger partial charge on any atom is 0.416 e. The van der Waals surface area contributed by atoms with Crippen molar-refractivity contribution in [3.05, 3.63) is 34.9 Å². The first-order chi connectivity index (χ1) is 10.5. The Labute approximate surface area is 133 Å². The van der Waals surface area contributed by atoms with E-state index in [1.165, 1.54) is 19.1 Å². The Morgan fingerprint density at radius 2 is 1.74 bits per heavy atom. The molecule has 0 aliphatic carbocycles. The highest BCUT2D eigenvalue weighted by molar-refractivity contribution is 7.92. The maximum absolute atomic E-state index is 12.9. The second kappa shape index (κ2) is 5.21. The number of hydrogen-bond donors (Lipinski definition) is 1. The summed E-state index contributed by atoms with van der Waals surface area (Å²) in [6, 6.07) is 3.60. The number of sulfone groups is 1. The lowest BCUT2D eigenvalue weighted by Gasteiger charge is -2.44. The molecule has 128 valence electrons. The van der Waals surface area contributed by atoms with Crippen LogP contribution in [-0.4, -0.2) is 24.0 Å². The van der Waals surface area contributed by atoms with Crippen LogP contribution in [0.3, 0.4) is 0 Å². The van der Waals surface area contributed by atoms with Crippen LogP contribution in [0.15, 0.2) is 18.2 Å². The Morgan fingerprint density at radius 1 is 1.17 bits per heavy atom. The monoisotopic (exact) mass is 348 g/mol. The molecule has 2 unspecified atom stereocenters. The van der Waals surface area contributed by atoms with E-state index < -0.39 is 37.7 Å². The number of aliphatic hydroxyl groups is 1. The van der Waals surface area contributed by atoms with Crippen molar-refractivity contribution in [2.45, 2.75) is 61.3 Å². The molecule has 1 N–H and O–H groups in total. The van der Waals surface area contributed by atoms with Gasteiger partial charge in [0, 0.05) is 0 Å². The van der Waals surface area contributed by atoms with E-state index in [0.29, 0.717) is 18.4 Å². The van der Waals surface area contributed by atoms with Crippen LogP contribution in [0.5, 0.6) is 0 Å². The molecule has 0 radical (unpaired) electrons. The van der Waals surface area contributed by atoms with Gasteiger partial charge in [0.2, 0.25) is 0 Å². The van der Waals surface area contributed by atoms with Gasteiger partial charge in [-0.1, -0.05) is 18.6 Å². The van der Waals surface area contributed by atoms with Gasteiger partial charge in [0.05, 0.1) is 21.7 Å². The van der Waals surface area contributed by atoms with E-state index in [0.717, 1.165) is 12.5 Å². The zero-order chi connectivity index (χ0) is 17.0. The van der Waals surface area contributed by atoms with Gasteiger partial charge in [-0.3, -0.25) is 0 Å². The van der Waals surface area contributed by atoms with Crippen molar-refractivity contribution in [2.24, 2.45) is 0 Å². The summed E-state index contributed by atoms with van der Waals surface area (Å²) in [5.74, 6) is 0. The predicted molar refractivity (Wildman–Crippen MR) is 79.7 cm³/mol. The van der Waals surface area contributed by atoms with Crippen LogP contribution in [0.4, 0.5) is 13.2 Å². The highest BCUT2D eigenvalue weighted by atomic mass is 32.2. The second-order valence-electron chi connectivity index (χ2n) is 6.73. The van der Waals surface area contributed by atoms with Crippen molar-refractivity contribution in [1.29, 1.82) is 0 Å². The van der Waals surface area contributed by atoms with Gasteiger partial charge in [-0.15, -0.1) is 0 Å². The lowest BCUT2D eigenvalue weighted by molar-refractivity contribution is -0.138. The van der Waals surface area contributed by atoms with E-state index in [-0.39, 0.29) is 18.4 Å². The topological polar surface area (TPSA) is 54.4 Å². The lowest BCUT2D eigenvalue weighted by Crippen LogP contribution is -2.50. The van der Waals surface area contributed by atoms with E-state index in [2.05, 4.69) is 0 Å². The number of halogens is 3. The predicted octanol–water partition coefficient (Wildman–Crippen LogP) is 3.33. The van der Waals surface area contributed by atoms with E-state index in [1.807, 2.05) is 0 Å². The van der Waals surface area contributed by atoms with E-state index in [9.17, 15) is 26.7 Å². The molecule has 2 bridgehead atoms. The standard InChI is InChI=1S/C16H19F3O3S/c1-10-7-11(5-6-14(10)16(17,18)19)15(20)8-12-3-2-4-13(9-15)23(12,21)22/h5-7,12-13,20H,2-4,8-9H2,1H3. The van der Waals surface area contributed by atoms with Gasteiger partial charge < -0.3 is 5.11 Å². The van der Waals surface area contributed by atoms with Crippen molar-refractivity contribution in [3.63, 3.8) is 0 Å². The molecule has 0 spiro atoms. The third kappa shape index (κ3) is 2.78. The molecular formula is C16H19F3O3S. The molecule has 3 nitrogen and oxygen atoms in total. The van der Waals surface area contributed by atoms with Gasteiger partial charge in [0.1, 0.15) is 0 Å². The van der Waals surface area contributed by atoms with E-state index >= 15 is 0 Å². The van der Waals surface area contributed by atoms with E-state index in [1.54, 1.807) is 0 Å². The molecule has 2 aliphatic rings. The molecular weight excluding hydrogens is 329 g/mol. The van der Waals surface area contributed by atoms with Gasteiger partial charge in [-0.05, 0) is 49.8 Å². The number of hydrogen-bond acceptors (Lipinski definition) is 3. The molecule has 3 rings (SSSR count). The molecule has 2 aliphatic heterocycles. The molecule has 0 aromatic heterocycles. The third-order valence-corrected chi connectivity index (χ3v) is 7.84. The van der Waals surface area contributed by atoms with Gasteiger partial charge >= 0.3 is 6.18 Å². The van der Waals surface area contributed by atoms with Crippen LogP contribution in [0.2, 0.25) is 0 Å². The summed E-state index contributed by atoms with van der Waals surface area (Å²) in [6.07, 6.45) is -2.46. The number of alkyl halides is 3. The molecule has 2 saturated heterocycles. The first kappa shape index (κ1) is 16.8. The SMILES string of the molecule is Cc1cc(C2(O)CC3CCCC(C2)S3(=O)=O)ccc1C(F)(F)F.